The molecule has 25 heavy (non-hydrogen) atoms. The number of anilines is 1. The highest BCUT2D eigenvalue weighted by atomic mass is 35.5. The Balaban J connectivity index is 1.92. The van der Waals surface area contributed by atoms with Gasteiger partial charge in [-0.1, -0.05) is 35.3 Å². The molecule has 0 aliphatic rings. The monoisotopic (exact) mass is 381 g/mol. The average Bonchev–Trinajstić information content (AvgIpc) is 2.53. The first kappa shape index (κ1) is 19.1. The van der Waals surface area contributed by atoms with E-state index in [0.29, 0.717) is 21.5 Å². The van der Waals surface area contributed by atoms with E-state index < -0.39 is 18.0 Å². The quantitative estimate of drug-likeness (QED) is 0.764. The Hall–Kier alpha value is -2.24. The van der Waals surface area contributed by atoms with Gasteiger partial charge < -0.3 is 14.8 Å². The molecule has 0 unspecified atom stereocenters. The Kier molecular flexibility index (Phi) is 6.67. The zero-order valence-corrected chi connectivity index (χ0v) is 15.2. The lowest BCUT2D eigenvalue weighted by molar-refractivity contribution is -0.152. The van der Waals surface area contributed by atoms with Crippen molar-refractivity contribution in [3.8, 4) is 5.75 Å². The van der Waals surface area contributed by atoms with Crippen LogP contribution in [0, 0.1) is 0 Å². The molecule has 0 bridgehead atoms. The van der Waals surface area contributed by atoms with Gasteiger partial charge in [-0.2, -0.15) is 0 Å². The van der Waals surface area contributed by atoms with Gasteiger partial charge in [-0.3, -0.25) is 9.59 Å². The fourth-order valence-corrected chi connectivity index (χ4v) is 2.64. The van der Waals surface area contributed by atoms with E-state index in [1.165, 1.54) is 6.92 Å². The number of esters is 1. The van der Waals surface area contributed by atoms with Crippen molar-refractivity contribution in [2.45, 2.75) is 19.4 Å². The highest BCUT2D eigenvalue weighted by Gasteiger charge is 2.18. The zero-order valence-electron chi connectivity index (χ0n) is 13.7. The molecule has 0 saturated heterocycles. The Labute approximate surface area is 155 Å². The van der Waals surface area contributed by atoms with Crippen molar-refractivity contribution < 1.29 is 19.1 Å². The molecular formula is C18H17Cl2NO4. The summed E-state index contributed by atoms with van der Waals surface area (Å²) in [6.45, 7) is 1.49. The standard InChI is InChI=1S/C18H17Cl2NO4/c1-11(18(23)21-15-9-13(19)8-14(20)10-15)25-17(22)7-12-4-3-5-16(6-12)24-2/h3-6,8-11H,7H2,1-2H3,(H,21,23)/t11-/m1/s1. The summed E-state index contributed by atoms with van der Waals surface area (Å²) < 4.78 is 10.3. The van der Waals surface area contributed by atoms with Crippen LogP contribution in [0.15, 0.2) is 42.5 Å². The van der Waals surface area contributed by atoms with Crippen LogP contribution in [0.5, 0.6) is 5.75 Å². The Bertz CT molecular complexity index is 759. The van der Waals surface area contributed by atoms with E-state index in [0.717, 1.165) is 5.56 Å². The van der Waals surface area contributed by atoms with Gasteiger partial charge in [0.05, 0.1) is 13.5 Å². The molecular weight excluding hydrogens is 365 g/mol. The fraction of sp³-hybridized carbons (Fsp3) is 0.222. The number of hydrogen-bond donors (Lipinski definition) is 1. The fourth-order valence-electron chi connectivity index (χ4n) is 2.11. The summed E-state index contributed by atoms with van der Waals surface area (Å²) in [5, 5.41) is 3.39. The highest BCUT2D eigenvalue weighted by Crippen LogP contribution is 2.22. The number of benzene rings is 2. The van der Waals surface area contributed by atoms with Gasteiger partial charge in [0.2, 0.25) is 0 Å². The van der Waals surface area contributed by atoms with Crippen LogP contribution < -0.4 is 10.1 Å². The highest BCUT2D eigenvalue weighted by molar-refractivity contribution is 6.35. The van der Waals surface area contributed by atoms with Crippen molar-refractivity contribution >= 4 is 40.8 Å². The Morgan fingerprint density at radius 3 is 2.44 bits per heavy atom. The van der Waals surface area contributed by atoms with Crippen molar-refractivity contribution in [2.75, 3.05) is 12.4 Å². The molecule has 0 aliphatic heterocycles. The third-order valence-corrected chi connectivity index (χ3v) is 3.73. The lowest BCUT2D eigenvalue weighted by Gasteiger charge is -2.14. The lowest BCUT2D eigenvalue weighted by atomic mass is 10.1. The molecule has 2 aromatic carbocycles. The largest absolute Gasteiger partial charge is 0.497 e. The van der Waals surface area contributed by atoms with Crippen LogP contribution in [0.2, 0.25) is 10.0 Å². The molecule has 2 aromatic rings. The molecule has 0 spiro atoms. The first-order valence-corrected chi connectivity index (χ1v) is 8.22. The number of halogens is 2. The summed E-state index contributed by atoms with van der Waals surface area (Å²) in [5.74, 6) is -0.341. The first-order chi connectivity index (χ1) is 11.9. The molecule has 132 valence electrons. The van der Waals surface area contributed by atoms with Gasteiger partial charge in [0, 0.05) is 15.7 Å². The van der Waals surface area contributed by atoms with Crippen molar-refractivity contribution in [2.24, 2.45) is 0 Å². The molecule has 0 heterocycles. The summed E-state index contributed by atoms with van der Waals surface area (Å²) in [6, 6.07) is 11.7. The summed E-state index contributed by atoms with van der Waals surface area (Å²) in [6.07, 6.45) is -0.923. The van der Waals surface area contributed by atoms with Gasteiger partial charge in [-0.25, -0.2) is 0 Å². The minimum atomic E-state index is -0.962. The summed E-state index contributed by atoms with van der Waals surface area (Å²) in [4.78, 5) is 24.1. The number of methoxy groups -OCH3 is 1. The SMILES string of the molecule is COc1cccc(CC(=O)O[C@H](C)C(=O)Nc2cc(Cl)cc(Cl)c2)c1. The smallest absolute Gasteiger partial charge is 0.311 e. The van der Waals surface area contributed by atoms with Crippen LogP contribution in [0.25, 0.3) is 0 Å². The minimum absolute atomic E-state index is 0.0395. The number of carbonyl (C=O) groups excluding carboxylic acids is 2. The topological polar surface area (TPSA) is 64.6 Å². The number of rotatable bonds is 6. The van der Waals surface area contributed by atoms with Gasteiger partial charge >= 0.3 is 5.97 Å². The number of hydrogen-bond acceptors (Lipinski definition) is 4. The van der Waals surface area contributed by atoms with Crippen molar-refractivity contribution in [1.82, 2.24) is 0 Å². The number of amides is 1. The molecule has 1 N–H and O–H groups in total. The normalized spacial score (nSPS) is 11.5. The van der Waals surface area contributed by atoms with E-state index >= 15 is 0 Å². The van der Waals surface area contributed by atoms with Gasteiger partial charge in [-0.05, 0) is 42.8 Å². The van der Waals surface area contributed by atoms with Gasteiger partial charge in [0.1, 0.15) is 5.75 Å². The third-order valence-electron chi connectivity index (χ3n) is 3.29. The molecule has 0 aliphatic carbocycles. The molecule has 7 heteroatoms. The molecule has 1 amide bonds. The number of nitrogens with one attached hydrogen (secondary N) is 1. The van der Waals surface area contributed by atoms with E-state index in [1.807, 2.05) is 0 Å². The number of ether oxygens (including phenoxy) is 2. The number of carbonyl (C=O) groups is 2. The van der Waals surface area contributed by atoms with Crippen LogP contribution in [-0.4, -0.2) is 25.1 Å². The van der Waals surface area contributed by atoms with E-state index in [9.17, 15) is 9.59 Å². The molecule has 5 nitrogen and oxygen atoms in total. The summed E-state index contributed by atoms with van der Waals surface area (Å²) in [7, 11) is 1.55. The minimum Gasteiger partial charge on any atom is -0.497 e. The van der Waals surface area contributed by atoms with E-state index in [1.54, 1.807) is 49.6 Å². The summed E-state index contributed by atoms with van der Waals surface area (Å²) in [5.41, 5.74) is 1.16. The van der Waals surface area contributed by atoms with Crippen LogP contribution in [0.4, 0.5) is 5.69 Å². The second-order valence-electron chi connectivity index (χ2n) is 5.31. The molecule has 0 fully saturated rings. The third kappa shape index (κ3) is 5.96. The second-order valence-corrected chi connectivity index (χ2v) is 6.18. The second kappa shape index (κ2) is 8.74. The van der Waals surface area contributed by atoms with Crippen molar-refractivity contribution in [3.05, 3.63) is 58.1 Å². The molecule has 0 aromatic heterocycles. The maximum atomic E-state index is 12.1. The van der Waals surface area contributed by atoms with Gasteiger partial charge in [0.15, 0.2) is 6.10 Å². The van der Waals surface area contributed by atoms with Gasteiger partial charge in [0.25, 0.3) is 5.91 Å². The van der Waals surface area contributed by atoms with Crippen molar-refractivity contribution in [3.63, 3.8) is 0 Å². The van der Waals surface area contributed by atoms with E-state index in [-0.39, 0.29) is 6.42 Å². The maximum absolute atomic E-state index is 12.1. The molecule has 2 rings (SSSR count). The van der Waals surface area contributed by atoms with Crippen LogP contribution in [0.1, 0.15) is 12.5 Å². The zero-order chi connectivity index (χ0) is 18.4. The van der Waals surface area contributed by atoms with E-state index in [2.05, 4.69) is 5.32 Å². The maximum Gasteiger partial charge on any atom is 0.311 e. The predicted octanol–water partition coefficient (Wildman–Crippen LogP) is 4.11. The molecule has 0 saturated carbocycles. The average molecular weight is 382 g/mol. The Morgan fingerprint density at radius 2 is 1.80 bits per heavy atom. The van der Waals surface area contributed by atoms with Crippen molar-refractivity contribution in [1.29, 1.82) is 0 Å². The lowest BCUT2D eigenvalue weighted by Crippen LogP contribution is -2.30. The summed E-state index contributed by atoms with van der Waals surface area (Å²) >= 11 is 11.8. The molecule has 1 atom stereocenters. The molecule has 0 radical (unpaired) electrons. The van der Waals surface area contributed by atoms with Crippen LogP contribution in [-0.2, 0) is 20.7 Å². The van der Waals surface area contributed by atoms with E-state index in [4.69, 9.17) is 32.7 Å². The van der Waals surface area contributed by atoms with Gasteiger partial charge in [-0.15, -0.1) is 0 Å². The predicted molar refractivity (Wildman–Crippen MR) is 97.3 cm³/mol. The first-order valence-electron chi connectivity index (χ1n) is 7.46. The Morgan fingerprint density at radius 1 is 1.12 bits per heavy atom. The van der Waals surface area contributed by atoms with Crippen LogP contribution >= 0.6 is 23.2 Å². The van der Waals surface area contributed by atoms with Crippen LogP contribution in [0.3, 0.4) is 0 Å².